The average molecular weight is 379 g/mol. The largest absolute Gasteiger partial charge is 0.364 e. The Morgan fingerprint density at radius 2 is 2.11 bits per heavy atom. The molecule has 2 N–H and O–H groups in total. The Kier molecular flexibility index (Phi) is 7.09. The first-order valence-corrected chi connectivity index (χ1v) is 9.49. The van der Waals surface area contributed by atoms with E-state index in [2.05, 4.69) is 41.4 Å². The van der Waals surface area contributed by atoms with E-state index in [0.717, 1.165) is 22.5 Å². The molecule has 0 unspecified atom stereocenters. The van der Waals surface area contributed by atoms with Crippen LogP contribution in [-0.2, 0) is 0 Å². The van der Waals surface area contributed by atoms with Crippen molar-refractivity contribution in [1.82, 2.24) is 15.0 Å². The number of hydrogen-bond acceptors (Lipinski definition) is 4. The van der Waals surface area contributed by atoms with E-state index >= 15 is 0 Å². The van der Waals surface area contributed by atoms with E-state index in [4.69, 9.17) is 5.26 Å². The molecule has 3 heterocycles. The summed E-state index contributed by atoms with van der Waals surface area (Å²) in [6, 6.07) is 5.62. The predicted molar refractivity (Wildman–Crippen MR) is 112 cm³/mol. The van der Waals surface area contributed by atoms with Gasteiger partial charge in [0.1, 0.15) is 5.01 Å². The zero-order valence-corrected chi connectivity index (χ0v) is 16.5. The van der Waals surface area contributed by atoms with Crippen LogP contribution < -0.4 is 5.56 Å². The monoisotopic (exact) mass is 378 g/mol. The van der Waals surface area contributed by atoms with E-state index < -0.39 is 0 Å². The van der Waals surface area contributed by atoms with Gasteiger partial charge in [0, 0.05) is 34.6 Å². The summed E-state index contributed by atoms with van der Waals surface area (Å²) in [5.74, 6) is 0. The van der Waals surface area contributed by atoms with E-state index in [-0.39, 0.29) is 5.56 Å². The molecule has 138 valence electrons. The number of aromatic nitrogens is 3. The first-order valence-electron chi connectivity index (χ1n) is 8.61. The van der Waals surface area contributed by atoms with Crippen LogP contribution in [0, 0.1) is 18.3 Å². The summed E-state index contributed by atoms with van der Waals surface area (Å²) in [5.41, 5.74) is 4.34. The Balaban J connectivity index is 0.000000817. The van der Waals surface area contributed by atoms with Crippen molar-refractivity contribution in [3.63, 3.8) is 0 Å². The second kappa shape index (κ2) is 9.51. The third-order valence-electron chi connectivity index (χ3n) is 3.60. The predicted octanol–water partition coefficient (Wildman–Crippen LogP) is 5.31. The van der Waals surface area contributed by atoms with Crippen molar-refractivity contribution in [3.05, 3.63) is 69.7 Å². The summed E-state index contributed by atoms with van der Waals surface area (Å²) < 4.78 is 0. The molecule has 0 amide bonds. The quantitative estimate of drug-likeness (QED) is 0.476. The molecule has 5 nitrogen and oxygen atoms in total. The molecule has 27 heavy (non-hydrogen) atoms. The smallest absolute Gasteiger partial charge is 0.258 e. The van der Waals surface area contributed by atoms with Gasteiger partial charge in [-0.2, -0.15) is 5.26 Å². The number of thiazole rings is 1. The number of hydrogen-bond donors (Lipinski definition) is 2. The summed E-state index contributed by atoms with van der Waals surface area (Å²) in [6.07, 6.45) is 8.00. The number of aromatic amines is 2. The molecule has 0 aliphatic rings. The molecule has 3 rings (SSSR count). The van der Waals surface area contributed by atoms with E-state index in [1.165, 1.54) is 23.8 Å². The average Bonchev–Trinajstić information content (AvgIpc) is 3.28. The van der Waals surface area contributed by atoms with Crippen LogP contribution in [0.5, 0.6) is 0 Å². The number of aryl methyl sites for hydroxylation is 1. The van der Waals surface area contributed by atoms with Crippen LogP contribution >= 0.6 is 11.3 Å². The maximum atomic E-state index is 11.9. The molecule has 0 aliphatic heterocycles. The molecule has 0 radical (unpaired) electrons. The minimum atomic E-state index is -0.165. The van der Waals surface area contributed by atoms with Crippen molar-refractivity contribution in [3.8, 4) is 27.9 Å². The molecule has 0 saturated heterocycles. The maximum absolute atomic E-state index is 11.9. The molecule has 0 aromatic carbocycles. The van der Waals surface area contributed by atoms with Gasteiger partial charge in [0.25, 0.3) is 5.56 Å². The third kappa shape index (κ3) is 4.72. The van der Waals surface area contributed by atoms with Gasteiger partial charge in [0.2, 0.25) is 0 Å². The Morgan fingerprint density at radius 3 is 2.74 bits per heavy atom. The van der Waals surface area contributed by atoms with Crippen LogP contribution in [0.4, 0.5) is 0 Å². The second-order valence-electron chi connectivity index (χ2n) is 5.81. The van der Waals surface area contributed by atoms with Gasteiger partial charge in [-0.15, -0.1) is 11.3 Å². The number of pyridine rings is 1. The lowest BCUT2D eigenvalue weighted by molar-refractivity contribution is 1.09. The zero-order chi connectivity index (χ0) is 19.8. The third-order valence-corrected chi connectivity index (χ3v) is 4.48. The Hall–Kier alpha value is -3.17. The summed E-state index contributed by atoms with van der Waals surface area (Å²) in [6.45, 7) is 9.83. The van der Waals surface area contributed by atoms with Gasteiger partial charge >= 0.3 is 0 Å². The zero-order valence-electron chi connectivity index (χ0n) is 15.7. The van der Waals surface area contributed by atoms with Crippen LogP contribution in [-0.4, -0.2) is 15.0 Å². The van der Waals surface area contributed by atoms with Gasteiger partial charge in [-0.05, 0) is 25.1 Å². The molecular formula is C21H22N4OS. The van der Waals surface area contributed by atoms with Crippen LogP contribution in [0.3, 0.4) is 0 Å². The number of H-pyrrole nitrogens is 2. The molecule has 0 spiro atoms. The standard InChI is InChI=1S/C18H14N4OS.C3H8/c1-3-12(8-19)7-14-11(2)21-9-15(14)16-10-24-18(22-16)13-5-4-6-20-17(13)23;1-3-2/h3-7,9-10,21H,1H2,2H3,(H,20,23);3H2,1-2H3/b12-7+;. The number of nitrogens with one attached hydrogen (secondary N) is 2. The summed E-state index contributed by atoms with van der Waals surface area (Å²) in [4.78, 5) is 22.3. The van der Waals surface area contributed by atoms with Crippen LogP contribution in [0.15, 0.2) is 52.9 Å². The molecule has 0 saturated carbocycles. The highest BCUT2D eigenvalue weighted by Crippen LogP contribution is 2.31. The van der Waals surface area contributed by atoms with Crippen LogP contribution in [0.1, 0.15) is 31.5 Å². The van der Waals surface area contributed by atoms with Crippen molar-refractivity contribution < 1.29 is 0 Å². The number of rotatable bonds is 4. The lowest BCUT2D eigenvalue weighted by Crippen LogP contribution is -2.06. The highest BCUT2D eigenvalue weighted by atomic mass is 32.1. The highest BCUT2D eigenvalue weighted by molar-refractivity contribution is 7.13. The molecule has 3 aromatic rings. The van der Waals surface area contributed by atoms with Gasteiger partial charge in [-0.3, -0.25) is 4.79 Å². The van der Waals surface area contributed by atoms with Gasteiger partial charge in [-0.25, -0.2) is 4.98 Å². The minimum Gasteiger partial charge on any atom is -0.364 e. The van der Waals surface area contributed by atoms with E-state index in [9.17, 15) is 4.79 Å². The van der Waals surface area contributed by atoms with Crippen LogP contribution in [0.25, 0.3) is 27.9 Å². The van der Waals surface area contributed by atoms with Gasteiger partial charge in [-0.1, -0.05) is 32.9 Å². The fourth-order valence-corrected chi connectivity index (χ4v) is 3.18. The SMILES string of the molecule is C=C/C(C#N)=C\c1c(-c2csc(-c3ccc[nH]c3=O)n2)c[nH]c1C.CCC. The van der Waals surface area contributed by atoms with E-state index in [1.54, 1.807) is 24.4 Å². The first kappa shape index (κ1) is 20.1. The maximum Gasteiger partial charge on any atom is 0.258 e. The van der Waals surface area contributed by atoms with E-state index in [1.807, 2.05) is 18.5 Å². The second-order valence-corrected chi connectivity index (χ2v) is 6.67. The first-order chi connectivity index (χ1) is 13.0. The lowest BCUT2D eigenvalue weighted by atomic mass is 10.1. The van der Waals surface area contributed by atoms with Crippen molar-refractivity contribution in [2.24, 2.45) is 0 Å². The molecule has 0 aliphatic carbocycles. The topological polar surface area (TPSA) is 85.3 Å². The van der Waals surface area contributed by atoms with Crippen molar-refractivity contribution >= 4 is 17.4 Å². The van der Waals surface area contributed by atoms with Gasteiger partial charge in [0.05, 0.1) is 22.9 Å². The van der Waals surface area contributed by atoms with E-state index in [0.29, 0.717) is 16.1 Å². The molecule has 6 heteroatoms. The van der Waals surface area contributed by atoms with Crippen molar-refractivity contribution in [2.75, 3.05) is 0 Å². The molecule has 0 bridgehead atoms. The molecule has 0 fully saturated rings. The Labute approximate surface area is 162 Å². The fourth-order valence-electron chi connectivity index (χ4n) is 2.34. The van der Waals surface area contributed by atoms with Crippen molar-refractivity contribution in [2.45, 2.75) is 27.2 Å². The van der Waals surface area contributed by atoms with Gasteiger partial charge < -0.3 is 9.97 Å². The number of nitriles is 1. The summed E-state index contributed by atoms with van der Waals surface area (Å²) >= 11 is 1.41. The normalized spacial score (nSPS) is 10.7. The van der Waals surface area contributed by atoms with Crippen LogP contribution in [0.2, 0.25) is 0 Å². The lowest BCUT2D eigenvalue weighted by Gasteiger charge is -1.98. The Bertz CT molecular complexity index is 1050. The minimum absolute atomic E-state index is 0.165. The molecular weight excluding hydrogens is 356 g/mol. The number of nitrogens with zero attached hydrogens (tertiary/aromatic N) is 2. The number of allylic oxidation sites excluding steroid dienone is 2. The summed E-state index contributed by atoms with van der Waals surface area (Å²) in [7, 11) is 0. The summed E-state index contributed by atoms with van der Waals surface area (Å²) in [5, 5.41) is 11.7. The van der Waals surface area contributed by atoms with Gasteiger partial charge in [0.15, 0.2) is 0 Å². The fraction of sp³-hybridized carbons (Fsp3) is 0.190. The van der Waals surface area contributed by atoms with Crippen molar-refractivity contribution in [1.29, 1.82) is 5.26 Å². The molecule has 0 atom stereocenters. The Morgan fingerprint density at radius 1 is 1.37 bits per heavy atom. The highest BCUT2D eigenvalue weighted by Gasteiger charge is 2.14. The molecule has 3 aromatic heterocycles.